The summed E-state index contributed by atoms with van der Waals surface area (Å²) in [6.07, 6.45) is 3.97. The van der Waals surface area contributed by atoms with Crippen molar-refractivity contribution in [2.75, 3.05) is 13.1 Å². The van der Waals surface area contributed by atoms with Gasteiger partial charge in [0.2, 0.25) is 0 Å². The Morgan fingerprint density at radius 3 is 2.54 bits per heavy atom. The summed E-state index contributed by atoms with van der Waals surface area (Å²) in [5.74, 6) is 0. The quantitative estimate of drug-likeness (QED) is 0.711. The fraction of sp³-hybridized carbons (Fsp3) is 1.00. The Hall–Kier alpha value is -0.0800. The van der Waals surface area contributed by atoms with Crippen molar-refractivity contribution in [2.45, 2.75) is 58.1 Å². The molecule has 1 aliphatic rings. The maximum Gasteiger partial charge on any atom is 0.0657 e. The van der Waals surface area contributed by atoms with Crippen LogP contribution in [0, 0.1) is 0 Å². The molecule has 1 saturated heterocycles. The maximum absolute atomic E-state index is 10.1. The molecule has 0 radical (unpaired) electrons. The molecule has 1 atom stereocenters. The highest BCUT2D eigenvalue weighted by Gasteiger charge is 2.28. The predicted octanol–water partition coefficient (Wildman–Crippen LogP) is 2.02. The first-order valence-electron chi connectivity index (χ1n) is 5.54. The fourth-order valence-corrected chi connectivity index (χ4v) is 2.07. The molecule has 0 saturated carbocycles. The van der Waals surface area contributed by atoms with Crippen molar-refractivity contribution in [3.05, 3.63) is 0 Å². The maximum atomic E-state index is 10.1. The van der Waals surface area contributed by atoms with Crippen LogP contribution in [0.5, 0.6) is 0 Å². The number of rotatable bonds is 2. The summed E-state index contributed by atoms with van der Waals surface area (Å²) >= 11 is 0. The molecule has 0 amide bonds. The Balaban J connectivity index is 2.48. The normalized spacial score (nSPS) is 32.1. The first kappa shape index (κ1) is 11.0. The topological polar surface area (TPSA) is 23.5 Å². The van der Waals surface area contributed by atoms with Crippen molar-refractivity contribution in [3.8, 4) is 0 Å². The van der Waals surface area contributed by atoms with Crippen molar-refractivity contribution in [3.63, 3.8) is 0 Å². The number of likely N-dealkylation sites (tertiary alicyclic amines) is 1. The van der Waals surface area contributed by atoms with Crippen LogP contribution in [0.4, 0.5) is 0 Å². The summed E-state index contributed by atoms with van der Waals surface area (Å²) in [7, 11) is 0. The standard InChI is InChI=1S/C11H23NO/c1-4-11(13)6-5-8-12(9-7-11)10(2)3/h10,13H,4-9H2,1-3H3. The molecule has 2 nitrogen and oxygen atoms in total. The van der Waals surface area contributed by atoms with Crippen molar-refractivity contribution >= 4 is 0 Å². The van der Waals surface area contributed by atoms with Crippen molar-refractivity contribution in [1.29, 1.82) is 0 Å². The van der Waals surface area contributed by atoms with Crippen LogP contribution in [0.1, 0.15) is 46.5 Å². The minimum absolute atomic E-state index is 0.371. The molecular weight excluding hydrogens is 162 g/mol. The number of hydrogen-bond acceptors (Lipinski definition) is 2. The zero-order valence-corrected chi connectivity index (χ0v) is 9.21. The molecule has 1 fully saturated rings. The van der Waals surface area contributed by atoms with E-state index in [9.17, 15) is 5.11 Å². The van der Waals surface area contributed by atoms with Crippen LogP contribution in [0.15, 0.2) is 0 Å². The predicted molar refractivity (Wildman–Crippen MR) is 55.8 cm³/mol. The Bertz CT molecular complexity index is 158. The van der Waals surface area contributed by atoms with Crippen LogP contribution >= 0.6 is 0 Å². The van der Waals surface area contributed by atoms with Gasteiger partial charge in [-0.15, -0.1) is 0 Å². The Morgan fingerprint density at radius 2 is 2.00 bits per heavy atom. The van der Waals surface area contributed by atoms with Crippen LogP contribution in [-0.2, 0) is 0 Å². The SMILES string of the molecule is CCC1(O)CCCN(C(C)C)CC1. The number of aliphatic hydroxyl groups is 1. The summed E-state index contributed by atoms with van der Waals surface area (Å²) in [5.41, 5.74) is -0.371. The fourth-order valence-electron chi connectivity index (χ4n) is 2.07. The van der Waals surface area contributed by atoms with Gasteiger partial charge < -0.3 is 10.0 Å². The lowest BCUT2D eigenvalue weighted by molar-refractivity contribution is 0.0208. The van der Waals surface area contributed by atoms with Gasteiger partial charge >= 0.3 is 0 Å². The van der Waals surface area contributed by atoms with Gasteiger partial charge in [-0.2, -0.15) is 0 Å². The molecule has 1 unspecified atom stereocenters. The third-order valence-corrected chi connectivity index (χ3v) is 3.34. The lowest BCUT2D eigenvalue weighted by atomic mass is 9.92. The van der Waals surface area contributed by atoms with Crippen LogP contribution < -0.4 is 0 Å². The van der Waals surface area contributed by atoms with Crippen molar-refractivity contribution < 1.29 is 5.11 Å². The molecule has 13 heavy (non-hydrogen) atoms. The van der Waals surface area contributed by atoms with Crippen molar-refractivity contribution in [1.82, 2.24) is 4.90 Å². The van der Waals surface area contributed by atoms with E-state index in [4.69, 9.17) is 0 Å². The van der Waals surface area contributed by atoms with E-state index in [1.807, 2.05) is 0 Å². The first-order valence-corrected chi connectivity index (χ1v) is 5.54. The molecule has 0 bridgehead atoms. The monoisotopic (exact) mass is 185 g/mol. The first-order chi connectivity index (χ1) is 6.07. The van der Waals surface area contributed by atoms with Gasteiger partial charge in [-0.1, -0.05) is 6.92 Å². The molecule has 0 aromatic heterocycles. The highest BCUT2D eigenvalue weighted by atomic mass is 16.3. The van der Waals surface area contributed by atoms with E-state index < -0.39 is 0 Å². The second-order valence-electron chi connectivity index (χ2n) is 4.56. The van der Waals surface area contributed by atoms with E-state index in [1.54, 1.807) is 0 Å². The van der Waals surface area contributed by atoms with E-state index in [2.05, 4.69) is 25.7 Å². The summed E-state index contributed by atoms with van der Waals surface area (Å²) in [5, 5.41) is 10.1. The molecule has 0 aromatic carbocycles. The summed E-state index contributed by atoms with van der Waals surface area (Å²) in [4.78, 5) is 2.47. The highest BCUT2D eigenvalue weighted by molar-refractivity contribution is 4.82. The van der Waals surface area contributed by atoms with Gasteiger partial charge in [-0.25, -0.2) is 0 Å². The average molecular weight is 185 g/mol. The zero-order valence-electron chi connectivity index (χ0n) is 9.21. The van der Waals surface area contributed by atoms with Gasteiger partial charge in [0.05, 0.1) is 5.60 Å². The summed E-state index contributed by atoms with van der Waals surface area (Å²) in [6.45, 7) is 8.76. The van der Waals surface area contributed by atoms with Crippen LogP contribution in [-0.4, -0.2) is 34.7 Å². The molecule has 78 valence electrons. The molecular formula is C11H23NO. The van der Waals surface area contributed by atoms with Gasteiger partial charge in [0.1, 0.15) is 0 Å². The van der Waals surface area contributed by atoms with E-state index in [1.165, 1.54) is 0 Å². The van der Waals surface area contributed by atoms with Gasteiger partial charge in [0.25, 0.3) is 0 Å². The molecule has 0 aliphatic carbocycles. The van der Waals surface area contributed by atoms with Crippen LogP contribution in [0.3, 0.4) is 0 Å². The van der Waals surface area contributed by atoms with Crippen LogP contribution in [0.25, 0.3) is 0 Å². The number of hydrogen-bond donors (Lipinski definition) is 1. The molecule has 1 N–H and O–H groups in total. The third-order valence-electron chi connectivity index (χ3n) is 3.34. The van der Waals surface area contributed by atoms with Gasteiger partial charge in [-0.3, -0.25) is 0 Å². The van der Waals surface area contributed by atoms with E-state index >= 15 is 0 Å². The molecule has 1 rings (SSSR count). The molecule has 2 heteroatoms. The van der Waals surface area contributed by atoms with Crippen molar-refractivity contribution in [2.24, 2.45) is 0 Å². The Labute approximate surface area is 81.9 Å². The lowest BCUT2D eigenvalue weighted by Crippen LogP contribution is -2.34. The van der Waals surface area contributed by atoms with Gasteiger partial charge in [-0.05, 0) is 46.1 Å². The third kappa shape index (κ3) is 2.96. The van der Waals surface area contributed by atoms with Gasteiger partial charge in [0.15, 0.2) is 0 Å². The highest BCUT2D eigenvalue weighted by Crippen LogP contribution is 2.25. The second kappa shape index (κ2) is 4.43. The summed E-state index contributed by atoms with van der Waals surface area (Å²) < 4.78 is 0. The van der Waals surface area contributed by atoms with Gasteiger partial charge in [0, 0.05) is 12.6 Å². The van der Waals surface area contributed by atoms with E-state index in [0.717, 1.165) is 38.8 Å². The minimum atomic E-state index is -0.371. The molecule has 0 aromatic rings. The smallest absolute Gasteiger partial charge is 0.0657 e. The molecule has 1 aliphatic heterocycles. The molecule has 1 heterocycles. The summed E-state index contributed by atoms with van der Waals surface area (Å²) in [6, 6.07) is 0.624. The Kier molecular flexibility index (Phi) is 3.74. The van der Waals surface area contributed by atoms with E-state index in [0.29, 0.717) is 6.04 Å². The van der Waals surface area contributed by atoms with Crippen LogP contribution in [0.2, 0.25) is 0 Å². The largest absolute Gasteiger partial charge is 0.390 e. The lowest BCUT2D eigenvalue weighted by Gasteiger charge is -2.26. The van der Waals surface area contributed by atoms with E-state index in [-0.39, 0.29) is 5.60 Å². The second-order valence-corrected chi connectivity index (χ2v) is 4.56. The number of nitrogens with zero attached hydrogens (tertiary/aromatic N) is 1. The molecule has 0 spiro atoms. The average Bonchev–Trinajstić information content (AvgIpc) is 2.28. The Morgan fingerprint density at radius 1 is 1.31 bits per heavy atom. The minimum Gasteiger partial charge on any atom is -0.390 e. The zero-order chi connectivity index (χ0) is 9.90.